The molecule has 3 rings (SSSR count). The fourth-order valence-corrected chi connectivity index (χ4v) is 3.75. The van der Waals surface area contributed by atoms with Gasteiger partial charge in [0.05, 0.1) is 18.1 Å². The van der Waals surface area contributed by atoms with E-state index in [1.165, 1.54) is 12.1 Å². The molecule has 0 radical (unpaired) electrons. The SMILES string of the molecule is CCOC(=O)C[C@H]1O[C@H](c2cccc(OC(F)F)c2Cl)c2cc(Cl)ccc2NC1=S. The number of carbonyl (C=O) groups is 1. The van der Waals surface area contributed by atoms with E-state index in [1.807, 2.05) is 0 Å². The van der Waals surface area contributed by atoms with E-state index in [0.29, 0.717) is 21.8 Å². The number of hydrogen-bond acceptors (Lipinski definition) is 5. The van der Waals surface area contributed by atoms with Crippen LogP contribution in [0.5, 0.6) is 5.75 Å². The van der Waals surface area contributed by atoms with E-state index < -0.39 is 24.8 Å². The Morgan fingerprint density at radius 3 is 2.73 bits per heavy atom. The lowest BCUT2D eigenvalue weighted by molar-refractivity contribution is -0.145. The molecule has 1 aliphatic rings. The standard InChI is InChI=1S/C20H17Cl2F2NO4S/c1-2-27-16(26)9-15-19(30)25-13-7-6-10(21)8-12(13)18(28-15)11-4-3-5-14(17(11)22)29-20(23)24/h3-8,15,18,20H,2,9H2,1H3,(H,25,30)/t15-,18-/m1/s1. The zero-order chi connectivity index (χ0) is 21.8. The average Bonchev–Trinajstić information content (AvgIpc) is 2.80. The highest BCUT2D eigenvalue weighted by Gasteiger charge is 2.33. The van der Waals surface area contributed by atoms with Crippen LogP contribution in [0.2, 0.25) is 10.0 Å². The van der Waals surface area contributed by atoms with Gasteiger partial charge in [-0.1, -0.05) is 47.6 Å². The molecule has 1 N–H and O–H groups in total. The Bertz CT molecular complexity index is 960. The molecular weight excluding hydrogens is 459 g/mol. The maximum Gasteiger partial charge on any atom is 0.387 e. The van der Waals surface area contributed by atoms with E-state index in [1.54, 1.807) is 31.2 Å². The molecule has 10 heteroatoms. The van der Waals surface area contributed by atoms with Gasteiger partial charge in [-0.2, -0.15) is 8.78 Å². The minimum Gasteiger partial charge on any atom is -0.466 e. The number of thiocarbonyl (C=S) groups is 1. The maximum atomic E-state index is 12.8. The Morgan fingerprint density at radius 1 is 1.27 bits per heavy atom. The second-order valence-electron chi connectivity index (χ2n) is 6.27. The maximum absolute atomic E-state index is 12.8. The first-order valence-corrected chi connectivity index (χ1v) is 10.1. The number of fused-ring (bicyclic) bond motifs is 1. The predicted molar refractivity (Wildman–Crippen MR) is 114 cm³/mol. The molecule has 0 amide bonds. The number of anilines is 1. The molecule has 5 nitrogen and oxygen atoms in total. The number of rotatable bonds is 6. The minimum absolute atomic E-state index is 0.0450. The van der Waals surface area contributed by atoms with Gasteiger partial charge in [0.25, 0.3) is 0 Å². The molecule has 2 aromatic carbocycles. The summed E-state index contributed by atoms with van der Waals surface area (Å²) in [4.78, 5) is 12.3. The third-order valence-corrected chi connectivity index (χ3v) is 5.30. The van der Waals surface area contributed by atoms with Crippen molar-refractivity contribution < 1.29 is 27.8 Å². The van der Waals surface area contributed by atoms with Crippen molar-refractivity contribution >= 4 is 52.1 Å². The molecule has 0 saturated heterocycles. The monoisotopic (exact) mass is 475 g/mol. The summed E-state index contributed by atoms with van der Waals surface area (Å²) in [6.45, 7) is -1.14. The van der Waals surface area contributed by atoms with Crippen molar-refractivity contribution in [1.29, 1.82) is 0 Å². The van der Waals surface area contributed by atoms with Crippen LogP contribution in [0.3, 0.4) is 0 Å². The molecular formula is C20H17Cl2F2NO4S. The first-order valence-electron chi connectivity index (χ1n) is 8.94. The van der Waals surface area contributed by atoms with E-state index in [-0.39, 0.29) is 28.8 Å². The van der Waals surface area contributed by atoms with Gasteiger partial charge in [0, 0.05) is 21.8 Å². The van der Waals surface area contributed by atoms with Gasteiger partial charge in [-0.05, 0) is 31.2 Å². The molecule has 0 saturated carbocycles. The molecule has 0 spiro atoms. The molecule has 1 heterocycles. The highest BCUT2D eigenvalue weighted by molar-refractivity contribution is 7.80. The van der Waals surface area contributed by atoms with E-state index in [4.69, 9.17) is 44.9 Å². The topological polar surface area (TPSA) is 56.8 Å². The summed E-state index contributed by atoms with van der Waals surface area (Å²) in [5, 5.41) is 3.44. The van der Waals surface area contributed by atoms with E-state index >= 15 is 0 Å². The van der Waals surface area contributed by atoms with Gasteiger partial charge in [-0.25, -0.2) is 0 Å². The third-order valence-electron chi connectivity index (χ3n) is 4.30. The van der Waals surface area contributed by atoms with Crippen LogP contribution in [0.1, 0.15) is 30.6 Å². The quantitative estimate of drug-likeness (QED) is 0.422. The number of carbonyl (C=O) groups excluding carboxylic acids is 1. The summed E-state index contributed by atoms with van der Waals surface area (Å²) in [6, 6.07) is 9.49. The first kappa shape index (κ1) is 22.7. The summed E-state index contributed by atoms with van der Waals surface area (Å²) in [5.41, 5.74) is 1.53. The van der Waals surface area contributed by atoms with Crippen molar-refractivity contribution in [1.82, 2.24) is 0 Å². The first-order chi connectivity index (χ1) is 14.3. The van der Waals surface area contributed by atoms with Crippen LogP contribution in [0.15, 0.2) is 36.4 Å². The molecule has 1 aliphatic heterocycles. The number of ether oxygens (including phenoxy) is 3. The molecule has 2 aromatic rings. The van der Waals surface area contributed by atoms with Gasteiger partial charge in [0.1, 0.15) is 22.9 Å². The predicted octanol–water partition coefficient (Wildman–Crippen LogP) is 5.78. The Balaban J connectivity index is 2.07. The van der Waals surface area contributed by atoms with E-state index in [9.17, 15) is 13.6 Å². The lowest BCUT2D eigenvalue weighted by atomic mass is 9.99. The summed E-state index contributed by atoms with van der Waals surface area (Å²) in [6.07, 6.45) is -1.84. The van der Waals surface area contributed by atoms with Gasteiger partial charge in [0.2, 0.25) is 0 Å². The Morgan fingerprint density at radius 2 is 2.03 bits per heavy atom. The number of esters is 1. The van der Waals surface area contributed by atoms with Crippen LogP contribution in [0.25, 0.3) is 0 Å². The number of benzene rings is 2. The molecule has 0 aromatic heterocycles. The van der Waals surface area contributed by atoms with Crippen LogP contribution < -0.4 is 10.1 Å². The highest BCUT2D eigenvalue weighted by Crippen LogP contribution is 2.42. The second kappa shape index (κ2) is 9.87. The van der Waals surface area contributed by atoms with Gasteiger partial charge in [-0.3, -0.25) is 4.79 Å². The van der Waals surface area contributed by atoms with Crippen LogP contribution in [-0.2, 0) is 14.3 Å². The van der Waals surface area contributed by atoms with Crippen LogP contribution >= 0.6 is 35.4 Å². The van der Waals surface area contributed by atoms with Crippen LogP contribution in [0.4, 0.5) is 14.5 Å². The summed E-state index contributed by atoms with van der Waals surface area (Å²) >= 11 is 18.0. The molecule has 0 bridgehead atoms. The highest BCUT2D eigenvalue weighted by atomic mass is 35.5. The molecule has 0 aliphatic carbocycles. The third kappa shape index (κ3) is 5.18. The molecule has 160 valence electrons. The Hall–Kier alpha value is -2.00. The number of halogens is 4. The Labute approximate surface area is 187 Å². The summed E-state index contributed by atoms with van der Waals surface area (Å²) in [5.74, 6) is -0.687. The van der Waals surface area contributed by atoms with E-state index in [2.05, 4.69) is 10.1 Å². The average molecular weight is 476 g/mol. The smallest absolute Gasteiger partial charge is 0.387 e. The van der Waals surface area contributed by atoms with Crippen LogP contribution in [-0.4, -0.2) is 30.3 Å². The second-order valence-corrected chi connectivity index (χ2v) is 7.53. The van der Waals surface area contributed by atoms with Gasteiger partial charge in [-0.15, -0.1) is 0 Å². The zero-order valence-corrected chi connectivity index (χ0v) is 18.0. The molecule has 30 heavy (non-hydrogen) atoms. The van der Waals surface area contributed by atoms with Crippen molar-refractivity contribution in [2.24, 2.45) is 0 Å². The largest absolute Gasteiger partial charge is 0.466 e. The fourth-order valence-electron chi connectivity index (χ4n) is 3.05. The molecule has 0 unspecified atom stereocenters. The Kier molecular flexibility index (Phi) is 7.46. The zero-order valence-electron chi connectivity index (χ0n) is 15.7. The normalized spacial score (nSPS) is 18.4. The number of alkyl halides is 2. The van der Waals surface area contributed by atoms with Crippen molar-refractivity contribution in [2.75, 3.05) is 11.9 Å². The van der Waals surface area contributed by atoms with Crippen molar-refractivity contribution in [2.45, 2.75) is 32.2 Å². The number of hydrogen-bond donors (Lipinski definition) is 1. The van der Waals surface area contributed by atoms with E-state index in [0.717, 1.165) is 0 Å². The van der Waals surface area contributed by atoms with Crippen molar-refractivity contribution in [3.05, 3.63) is 57.6 Å². The van der Waals surface area contributed by atoms with Crippen LogP contribution in [0, 0.1) is 0 Å². The minimum atomic E-state index is -3.04. The number of nitrogens with one attached hydrogen (secondary N) is 1. The van der Waals surface area contributed by atoms with Crippen molar-refractivity contribution in [3.63, 3.8) is 0 Å². The molecule has 2 atom stereocenters. The molecule has 0 fully saturated rings. The van der Waals surface area contributed by atoms with Gasteiger partial charge in [0.15, 0.2) is 0 Å². The lowest BCUT2D eigenvalue weighted by Gasteiger charge is -2.24. The van der Waals surface area contributed by atoms with Gasteiger partial charge < -0.3 is 19.5 Å². The van der Waals surface area contributed by atoms with Gasteiger partial charge >= 0.3 is 12.6 Å². The lowest BCUT2D eigenvalue weighted by Crippen LogP contribution is -2.31. The summed E-state index contributed by atoms with van der Waals surface area (Å²) < 4.78 is 41.2. The van der Waals surface area contributed by atoms with Crippen molar-refractivity contribution in [3.8, 4) is 5.75 Å². The fraction of sp³-hybridized carbons (Fsp3) is 0.300. The summed E-state index contributed by atoms with van der Waals surface area (Å²) in [7, 11) is 0.